The molecule has 0 saturated heterocycles. The Morgan fingerprint density at radius 3 is 2.71 bits per heavy atom. The minimum Gasteiger partial charge on any atom is -0.436 e. The maximum absolute atomic E-state index is 6.01. The Bertz CT molecular complexity index is 1200. The van der Waals surface area contributed by atoms with E-state index in [9.17, 15) is 0 Å². The van der Waals surface area contributed by atoms with E-state index in [0.29, 0.717) is 5.89 Å². The lowest BCUT2D eigenvalue weighted by Crippen LogP contribution is -1.78. The molecule has 0 aliphatic carbocycles. The zero-order valence-electron chi connectivity index (χ0n) is 15.7. The van der Waals surface area contributed by atoms with Gasteiger partial charge in [0.15, 0.2) is 5.58 Å². The van der Waals surface area contributed by atoms with E-state index in [-0.39, 0.29) is 0 Å². The molecule has 138 valence electrons. The van der Waals surface area contributed by atoms with Crippen molar-refractivity contribution < 1.29 is 4.42 Å². The fraction of sp³-hybridized carbons (Fsp3) is 0.0833. The summed E-state index contributed by atoms with van der Waals surface area (Å²) in [5, 5.41) is 0. The van der Waals surface area contributed by atoms with Gasteiger partial charge in [-0.1, -0.05) is 46.3 Å². The largest absolute Gasteiger partial charge is 0.436 e. The molecule has 28 heavy (non-hydrogen) atoms. The summed E-state index contributed by atoms with van der Waals surface area (Å²) in [7, 11) is 0. The lowest BCUT2D eigenvalue weighted by atomic mass is 10.1. The van der Waals surface area contributed by atoms with Gasteiger partial charge in [-0.2, -0.15) is 0 Å². The van der Waals surface area contributed by atoms with E-state index in [1.54, 1.807) is 6.21 Å². The predicted molar refractivity (Wildman–Crippen MR) is 120 cm³/mol. The highest BCUT2D eigenvalue weighted by molar-refractivity contribution is 9.10. The van der Waals surface area contributed by atoms with Gasteiger partial charge in [0.2, 0.25) is 5.89 Å². The Labute approximate surface area is 172 Å². The average Bonchev–Trinajstić information content (AvgIpc) is 3.10. The zero-order valence-corrected chi connectivity index (χ0v) is 17.3. The van der Waals surface area contributed by atoms with E-state index in [1.807, 2.05) is 67.6 Å². The predicted octanol–water partition coefficient (Wildman–Crippen LogP) is 7.29. The van der Waals surface area contributed by atoms with Crippen LogP contribution in [0.5, 0.6) is 0 Å². The number of hydrogen-bond donors (Lipinski definition) is 0. The minimum absolute atomic E-state index is 0.616. The van der Waals surface area contributed by atoms with Gasteiger partial charge in [0.25, 0.3) is 0 Å². The van der Waals surface area contributed by atoms with E-state index >= 15 is 0 Å². The number of halogens is 1. The maximum atomic E-state index is 6.01. The fourth-order valence-electron chi connectivity index (χ4n) is 3.11. The first kappa shape index (κ1) is 18.4. The van der Waals surface area contributed by atoms with Crippen molar-refractivity contribution in [1.82, 2.24) is 4.98 Å². The van der Waals surface area contributed by atoms with Crippen LogP contribution in [-0.4, -0.2) is 11.2 Å². The van der Waals surface area contributed by atoms with Crippen molar-refractivity contribution in [2.24, 2.45) is 4.99 Å². The van der Waals surface area contributed by atoms with E-state index in [4.69, 9.17) is 4.42 Å². The molecule has 4 rings (SSSR count). The average molecular weight is 431 g/mol. The third kappa shape index (κ3) is 4.12. The van der Waals surface area contributed by atoms with Crippen LogP contribution in [-0.2, 0) is 0 Å². The topological polar surface area (TPSA) is 38.4 Å². The van der Waals surface area contributed by atoms with Crippen molar-refractivity contribution in [1.29, 1.82) is 0 Å². The Morgan fingerprint density at radius 1 is 1.00 bits per heavy atom. The van der Waals surface area contributed by atoms with Gasteiger partial charge in [0, 0.05) is 16.3 Å². The van der Waals surface area contributed by atoms with Crippen molar-refractivity contribution >= 4 is 45.0 Å². The highest BCUT2D eigenvalue weighted by atomic mass is 79.9. The molecule has 0 atom stereocenters. The fourth-order valence-corrected chi connectivity index (χ4v) is 3.53. The highest BCUT2D eigenvalue weighted by Crippen LogP contribution is 2.29. The van der Waals surface area contributed by atoms with Crippen molar-refractivity contribution in [3.05, 3.63) is 87.9 Å². The lowest BCUT2D eigenvalue weighted by molar-refractivity contribution is 0.617. The summed E-state index contributed by atoms with van der Waals surface area (Å²) in [5.41, 5.74) is 6.89. The second kappa shape index (κ2) is 7.95. The second-order valence-corrected chi connectivity index (χ2v) is 7.61. The molecule has 0 N–H and O–H groups in total. The summed E-state index contributed by atoms with van der Waals surface area (Å²) >= 11 is 3.48. The molecule has 0 aliphatic heterocycles. The minimum atomic E-state index is 0.616. The molecule has 1 aromatic heterocycles. The SMILES string of the molecule is Cc1cc(C)c2oc(-c3cccc(N=C/C=C\c4cccc(Br)c4)c3)nc2c1. The van der Waals surface area contributed by atoms with Gasteiger partial charge in [-0.25, -0.2) is 4.98 Å². The van der Waals surface area contributed by atoms with Gasteiger partial charge >= 0.3 is 0 Å². The standard InChI is InChI=1S/C24H19BrN2O/c1-16-12-17(2)23-22(13-16)27-24(28-23)19-8-4-10-21(15-19)26-11-5-7-18-6-3-9-20(25)14-18/h3-15H,1-2H3/b7-5-,26-11?. The summed E-state index contributed by atoms with van der Waals surface area (Å²) in [6, 6.07) is 20.2. The molecule has 0 fully saturated rings. The van der Waals surface area contributed by atoms with Gasteiger partial charge in [0.05, 0.1) is 5.69 Å². The van der Waals surface area contributed by atoms with Crippen molar-refractivity contribution in [3.8, 4) is 11.5 Å². The number of rotatable bonds is 4. The maximum Gasteiger partial charge on any atom is 0.227 e. The van der Waals surface area contributed by atoms with Crippen LogP contribution >= 0.6 is 15.9 Å². The first-order valence-corrected chi connectivity index (χ1v) is 9.82. The smallest absolute Gasteiger partial charge is 0.227 e. The summed E-state index contributed by atoms with van der Waals surface area (Å²) in [4.78, 5) is 9.18. The van der Waals surface area contributed by atoms with Crippen LogP contribution in [0.15, 0.2) is 80.6 Å². The van der Waals surface area contributed by atoms with Crippen LogP contribution < -0.4 is 0 Å². The molecule has 0 bridgehead atoms. The normalized spacial score (nSPS) is 11.8. The molecule has 4 heteroatoms. The van der Waals surface area contributed by atoms with Crippen LogP contribution in [0, 0.1) is 13.8 Å². The van der Waals surface area contributed by atoms with E-state index in [2.05, 4.69) is 45.0 Å². The number of aryl methyl sites for hydroxylation is 2. The number of allylic oxidation sites excluding steroid dienone is 1. The van der Waals surface area contributed by atoms with Gasteiger partial charge in [-0.05, 0) is 73.0 Å². The summed E-state index contributed by atoms with van der Waals surface area (Å²) in [5.74, 6) is 0.616. The summed E-state index contributed by atoms with van der Waals surface area (Å²) in [6.07, 6.45) is 5.74. The van der Waals surface area contributed by atoms with Crippen LogP contribution in [0.2, 0.25) is 0 Å². The van der Waals surface area contributed by atoms with Crippen LogP contribution in [0.3, 0.4) is 0 Å². The van der Waals surface area contributed by atoms with Crippen molar-refractivity contribution in [3.63, 3.8) is 0 Å². The molecule has 0 amide bonds. The zero-order chi connectivity index (χ0) is 19.5. The first-order valence-electron chi connectivity index (χ1n) is 9.03. The highest BCUT2D eigenvalue weighted by Gasteiger charge is 2.11. The number of fused-ring (bicyclic) bond motifs is 1. The molecule has 0 spiro atoms. The van der Waals surface area contributed by atoms with Gasteiger partial charge in [-0.15, -0.1) is 0 Å². The van der Waals surface area contributed by atoms with Crippen LogP contribution in [0.25, 0.3) is 28.6 Å². The van der Waals surface area contributed by atoms with Gasteiger partial charge < -0.3 is 4.42 Å². The molecule has 3 nitrogen and oxygen atoms in total. The van der Waals surface area contributed by atoms with E-state index < -0.39 is 0 Å². The molecule has 0 saturated carbocycles. The molecule has 4 aromatic rings. The quantitative estimate of drug-likeness (QED) is 0.318. The Hall–Kier alpha value is -2.98. The van der Waals surface area contributed by atoms with Crippen LogP contribution in [0.4, 0.5) is 5.69 Å². The van der Waals surface area contributed by atoms with Crippen molar-refractivity contribution in [2.75, 3.05) is 0 Å². The van der Waals surface area contributed by atoms with Gasteiger partial charge in [0.1, 0.15) is 5.52 Å². The molecule has 0 unspecified atom stereocenters. The Morgan fingerprint density at radius 2 is 1.86 bits per heavy atom. The lowest BCUT2D eigenvalue weighted by Gasteiger charge is -1.97. The molecular weight excluding hydrogens is 412 g/mol. The summed E-state index contributed by atoms with van der Waals surface area (Å²) in [6.45, 7) is 4.11. The van der Waals surface area contributed by atoms with Crippen molar-refractivity contribution in [2.45, 2.75) is 13.8 Å². The van der Waals surface area contributed by atoms with Gasteiger partial charge in [-0.3, -0.25) is 4.99 Å². The molecular formula is C24H19BrN2O. The first-order chi connectivity index (χ1) is 13.6. The molecule has 1 heterocycles. The third-order valence-corrected chi connectivity index (χ3v) is 4.85. The number of hydrogen-bond acceptors (Lipinski definition) is 3. The number of aliphatic imine (C=N–C) groups is 1. The van der Waals surface area contributed by atoms with Crippen LogP contribution in [0.1, 0.15) is 16.7 Å². The molecule has 0 aliphatic rings. The van der Waals surface area contributed by atoms with E-state index in [1.165, 1.54) is 5.56 Å². The number of nitrogens with zero attached hydrogens (tertiary/aromatic N) is 2. The summed E-state index contributed by atoms with van der Waals surface area (Å²) < 4.78 is 7.07. The Balaban J connectivity index is 1.57. The monoisotopic (exact) mass is 430 g/mol. The van der Waals surface area contributed by atoms with E-state index in [0.717, 1.165) is 38.0 Å². The third-order valence-electron chi connectivity index (χ3n) is 4.36. The second-order valence-electron chi connectivity index (χ2n) is 6.69. The number of benzene rings is 3. The number of aromatic nitrogens is 1. The number of oxazole rings is 1. The Kier molecular flexibility index (Phi) is 5.22. The molecule has 3 aromatic carbocycles. The molecule has 0 radical (unpaired) electrons.